The molecule has 0 aliphatic heterocycles. The van der Waals surface area contributed by atoms with E-state index in [9.17, 15) is 4.79 Å². The van der Waals surface area contributed by atoms with Crippen LogP contribution in [0.5, 0.6) is 0 Å². The SMILES string of the molecule is CCc1ccccc1-n1c(C)csc1=O. The average Bonchev–Trinajstić information content (AvgIpc) is 2.59. The van der Waals surface area contributed by atoms with Gasteiger partial charge in [-0.15, -0.1) is 0 Å². The Bertz CT molecular complexity index is 524. The van der Waals surface area contributed by atoms with E-state index in [-0.39, 0.29) is 4.87 Å². The standard InChI is InChI=1S/C12H13NOS/c1-3-10-6-4-5-7-11(10)13-9(2)8-15-12(13)14/h4-8H,3H2,1-2H3. The van der Waals surface area contributed by atoms with Crippen LogP contribution >= 0.6 is 11.3 Å². The van der Waals surface area contributed by atoms with E-state index in [4.69, 9.17) is 0 Å². The van der Waals surface area contributed by atoms with E-state index in [0.29, 0.717) is 0 Å². The first-order chi connectivity index (χ1) is 7.24. The van der Waals surface area contributed by atoms with Crippen molar-refractivity contribution in [2.45, 2.75) is 20.3 Å². The molecule has 0 aliphatic carbocycles. The van der Waals surface area contributed by atoms with Crippen molar-refractivity contribution in [3.05, 3.63) is 50.6 Å². The molecule has 1 heterocycles. The molecule has 2 nitrogen and oxygen atoms in total. The van der Waals surface area contributed by atoms with Crippen molar-refractivity contribution >= 4 is 11.3 Å². The molecule has 0 amide bonds. The van der Waals surface area contributed by atoms with Crippen molar-refractivity contribution in [3.63, 3.8) is 0 Å². The number of rotatable bonds is 2. The highest BCUT2D eigenvalue weighted by atomic mass is 32.1. The van der Waals surface area contributed by atoms with E-state index in [2.05, 4.69) is 13.0 Å². The number of para-hydroxylation sites is 1. The Morgan fingerprint density at radius 1 is 1.33 bits per heavy atom. The Morgan fingerprint density at radius 3 is 2.67 bits per heavy atom. The molecular weight excluding hydrogens is 206 g/mol. The highest BCUT2D eigenvalue weighted by Gasteiger charge is 2.07. The molecule has 78 valence electrons. The van der Waals surface area contributed by atoms with Crippen molar-refractivity contribution in [3.8, 4) is 5.69 Å². The average molecular weight is 219 g/mol. The summed E-state index contributed by atoms with van der Waals surface area (Å²) in [6, 6.07) is 8.05. The van der Waals surface area contributed by atoms with Crippen molar-refractivity contribution < 1.29 is 0 Å². The van der Waals surface area contributed by atoms with E-state index in [1.54, 1.807) is 4.57 Å². The van der Waals surface area contributed by atoms with Crippen LogP contribution in [0.3, 0.4) is 0 Å². The molecular formula is C12H13NOS. The Balaban J connectivity index is 2.69. The van der Waals surface area contributed by atoms with Gasteiger partial charge in [-0.3, -0.25) is 9.36 Å². The lowest BCUT2D eigenvalue weighted by molar-refractivity contribution is 0.949. The highest BCUT2D eigenvalue weighted by molar-refractivity contribution is 7.07. The van der Waals surface area contributed by atoms with Crippen LogP contribution < -0.4 is 4.87 Å². The van der Waals surface area contributed by atoms with Crippen LogP contribution in [0, 0.1) is 6.92 Å². The summed E-state index contributed by atoms with van der Waals surface area (Å²) in [5.41, 5.74) is 3.23. The smallest absolute Gasteiger partial charge is 0.272 e. The molecule has 0 saturated carbocycles. The molecule has 2 rings (SSSR count). The van der Waals surface area contributed by atoms with Gasteiger partial charge in [0.2, 0.25) is 0 Å². The summed E-state index contributed by atoms with van der Waals surface area (Å²) >= 11 is 1.25. The van der Waals surface area contributed by atoms with Crippen molar-refractivity contribution in [2.24, 2.45) is 0 Å². The van der Waals surface area contributed by atoms with Gasteiger partial charge in [0.1, 0.15) is 0 Å². The predicted octanol–water partition coefficient (Wildman–Crippen LogP) is 2.77. The Morgan fingerprint density at radius 2 is 2.07 bits per heavy atom. The summed E-state index contributed by atoms with van der Waals surface area (Å²) in [7, 11) is 0. The Hall–Kier alpha value is -1.35. The third-order valence-corrected chi connectivity index (χ3v) is 3.32. The van der Waals surface area contributed by atoms with Crippen LogP contribution in [0.1, 0.15) is 18.2 Å². The van der Waals surface area contributed by atoms with Crippen molar-refractivity contribution in [2.75, 3.05) is 0 Å². The van der Waals surface area contributed by atoms with Gasteiger partial charge in [0.15, 0.2) is 0 Å². The third kappa shape index (κ3) is 1.75. The van der Waals surface area contributed by atoms with Gasteiger partial charge in [0.05, 0.1) is 5.69 Å². The normalized spacial score (nSPS) is 10.5. The second-order valence-electron chi connectivity index (χ2n) is 3.46. The molecule has 0 saturated heterocycles. The van der Waals surface area contributed by atoms with Crippen LogP contribution in [-0.2, 0) is 6.42 Å². The first-order valence-electron chi connectivity index (χ1n) is 4.99. The summed E-state index contributed by atoms with van der Waals surface area (Å²) in [5, 5.41) is 1.90. The van der Waals surface area contributed by atoms with Gasteiger partial charge in [-0.25, -0.2) is 0 Å². The summed E-state index contributed by atoms with van der Waals surface area (Å²) in [4.78, 5) is 11.8. The minimum Gasteiger partial charge on any atom is -0.272 e. The quantitative estimate of drug-likeness (QED) is 0.761. The minimum atomic E-state index is 0.0911. The summed E-state index contributed by atoms with van der Waals surface area (Å²) in [6.07, 6.45) is 0.942. The van der Waals surface area contributed by atoms with Gasteiger partial charge in [0.25, 0.3) is 0 Å². The van der Waals surface area contributed by atoms with Gasteiger partial charge in [0, 0.05) is 11.1 Å². The fourth-order valence-corrected chi connectivity index (χ4v) is 2.43. The zero-order valence-electron chi connectivity index (χ0n) is 8.86. The number of aryl methyl sites for hydroxylation is 2. The van der Waals surface area contributed by atoms with Crippen molar-refractivity contribution in [1.82, 2.24) is 4.57 Å². The molecule has 0 unspecified atom stereocenters. The number of hydrogen-bond donors (Lipinski definition) is 0. The van der Waals surface area contributed by atoms with E-state index in [0.717, 1.165) is 17.8 Å². The minimum absolute atomic E-state index is 0.0911. The predicted molar refractivity (Wildman–Crippen MR) is 64.0 cm³/mol. The monoisotopic (exact) mass is 219 g/mol. The molecule has 2 aromatic rings. The van der Waals surface area contributed by atoms with Crippen LogP contribution in [-0.4, -0.2) is 4.57 Å². The van der Waals surface area contributed by atoms with E-state index < -0.39 is 0 Å². The zero-order chi connectivity index (χ0) is 10.8. The molecule has 3 heteroatoms. The van der Waals surface area contributed by atoms with Crippen LogP contribution in [0.4, 0.5) is 0 Å². The molecule has 1 aromatic carbocycles. The molecule has 0 radical (unpaired) electrons. The summed E-state index contributed by atoms with van der Waals surface area (Å²) in [5.74, 6) is 0. The Kier molecular flexibility index (Phi) is 2.73. The molecule has 0 spiro atoms. The van der Waals surface area contributed by atoms with Crippen LogP contribution in [0.25, 0.3) is 5.69 Å². The van der Waals surface area contributed by atoms with Gasteiger partial charge in [-0.05, 0) is 25.0 Å². The lowest BCUT2D eigenvalue weighted by Crippen LogP contribution is -2.13. The number of nitrogens with zero attached hydrogens (tertiary/aromatic N) is 1. The molecule has 0 fully saturated rings. The van der Waals surface area contributed by atoms with E-state index in [1.807, 2.05) is 30.5 Å². The largest absolute Gasteiger partial charge is 0.311 e. The molecule has 0 atom stereocenters. The summed E-state index contributed by atoms with van der Waals surface area (Å²) in [6.45, 7) is 4.07. The lowest BCUT2D eigenvalue weighted by Gasteiger charge is -2.09. The first-order valence-corrected chi connectivity index (χ1v) is 5.87. The highest BCUT2D eigenvalue weighted by Crippen LogP contribution is 2.16. The van der Waals surface area contributed by atoms with Gasteiger partial charge in [-0.1, -0.05) is 36.5 Å². The number of hydrogen-bond acceptors (Lipinski definition) is 2. The Labute approximate surface area is 92.8 Å². The molecule has 15 heavy (non-hydrogen) atoms. The molecule has 1 aromatic heterocycles. The van der Waals surface area contributed by atoms with E-state index in [1.165, 1.54) is 16.9 Å². The number of thiazole rings is 1. The first kappa shape index (κ1) is 10.2. The molecule has 0 aliphatic rings. The van der Waals surface area contributed by atoms with Gasteiger partial charge in [-0.2, -0.15) is 0 Å². The van der Waals surface area contributed by atoms with Crippen LogP contribution in [0.2, 0.25) is 0 Å². The molecule has 0 bridgehead atoms. The van der Waals surface area contributed by atoms with Gasteiger partial charge < -0.3 is 0 Å². The third-order valence-electron chi connectivity index (χ3n) is 2.48. The maximum Gasteiger partial charge on any atom is 0.311 e. The lowest BCUT2D eigenvalue weighted by atomic mass is 10.1. The van der Waals surface area contributed by atoms with Gasteiger partial charge >= 0.3 is 4.87 Å². The topological polar surface area (TPSA) is 22.0 Å². The summed E-state index contributed by atoms with van der Waals surface area (Å²) < 4.78 is 1.78. The zero-order valence-corrected chi connectivity index (χ0v) is 9.67. The van der Waals surface area contributed by atoms with Crippen molar-refractivity contribution in [1.29, 1.82) is 0 Å². The number of benzene rings is 1. The second-order valence-corrected chi connectivity index (χ2v) is 4.28. The van der Waals surface area contributed by atoms with Crippen LogP contribution in [0.15, 0.2) is 34.4 Å². The van der Waals surface area contributed by atoms with E-state index >= 15 is 0 Å². The maximum atomic E-state index is 11.7. The fraction of sp³-hybridized carbons (Fsp3) is 0.250. The molecule has 0 N–H and O–H groups in total. The second kappa shape index (κ2) is 4.03. The number of aromatic nitrogens is 1. The fourth-order valence-electron chi connectivity index (χ4n) is 1.70. The maximum absolute atomic E-state index is 11.7.